The zero-order valence-corrected chi connectivity index (χ0v) is 21.2. The highest BCUT2D eigenvalue weighted by atomic mass is 32.1. The van der Waals surface area contributed by atoms with Crippen molar-refractivity contribution in [2.45, 2.75) is 59.4 Å². The van der Waals surface area contributed by atoms with Crippen LogP contribution >= 0.6 is 11.3 Å². The zero-order valence-electron chi connectivity index (χ0n) is 20.4. The van der Waals surface area contributed by atoms with Crippen LogP contribution in [0.4, 0.5) is 5.69 Å². The molecule has 0 radical (unpaired) electrons. The van der Waals surface area contributed by atoms with Gasteiger partial charge in [0.15, 0.2) is 5.76 Å². The summed E-state index contributed by atoms with van der Waals surface area (Å²) in [6.07, 6.45) is 0. The molecule has 1 unspecified atom stereocenters. The number of Topliss-reactive ketones (excluding diaryl/α,β-unsaturated/α-hetero) is 1. The lowest BCUT2D eigenvalue weighted by Crippen LogP contribution is -2.31. The number of aliphatic hydroxyl groups is 1. The number of amides is 1. The first-order valence-electron chi connectivity index (χ1n) is 11.5. The molecule has 2 aromatic carbocycles. The molecule has 2 heterocycles. The molecule has 1 atom stereocenters. The molecule has 4 rings (SSSR count). The second-order valence-corrected chi connectivity index (χ2v) is 10.6. The number of aliphatic hydroxyl groups excluding tert-OH is 1. The molecule has 0 saturated carbocycles. The molecule has 0 bridgehead atoms. The molecule has 0 fully saturated rings. The van der Waals surface area contributed by atoms with Crippen LogP contribution in [0.15, 0.2) is 59.9 Å². The number of carbonyl (C=O) groups excluding carboxylic acids is 2. The van der Waals surface area contributed by atoms with Gasteiger partial charge in [-0.3, -0.25) is 14.5 Å². The fourth-order valence-electron chi connectivity index (χ4n) is 4.37. The summed E-state index contributed by atoms with van der Waals surface area (Å²) in [6.45, 7) is 12.1. The van der Waals surface area contributed by atoms with E-state index in [4.69, 9.17) is 0 Å². The monoisotopic (exact) mass is 474 g/mol. The first-order valence-corrected chi connectivity index (χ1v) is 12.4. The second-order valence-electron chi connectivity index (χ2n) is 9.38. The minimum atomic E-state index is -0.729. The Balaban J connectivity index is 1.85. The molecule has 1 aliphatic rings. The van der Waals surface area contributed by atoms with E-state index >= 15 is 0 Å². The molecule has 1 aliphatic heterocycles. The summed E-state index contributed by atoms with van der Waals surface area (Å²) in [4.78, 5) is 33.4. The standard InChI is InChI=1S/C28H30N2O3S/c1-15(2)19-7-9-21(10-8-19)24-23(25(31)27-17(5)29-18(6)34-27)26(32)28(33)30(24)22-13-11-20(12-14-22)16(3)4/h7-16,24,32H,1-6H3. The van der Waals surface area contributed by atoms with E-state index in [-0.39, 0.29) is 11.4 Å². The van der Waals surface area contributed by atoms with Gasteiger partial charge in [0.2, 0.25) is 5.78 Å². The number of hydrogen-bond acceptors (Lipinski definition) is 5. The molecule has 1 amide bonds. The van der Waals surface area contributed by atoms with Crippen molar-refractivity contribution >= 4 is 28.7 Å². The van der Waals surface area contributed by atoms with Gasteiger partial charge in [-0.05, 0) is 54.5 Å². The molecule has 3 aromatic rings. The van der Waals surface area contributed by atoms with Crippen LogP contribution in [0.3, 0.4) is 0 Å². The Morgan fingerprint density at radius 1 is 0.941 bits per heavy atom. The van der Waals surface area contributed by atoms with Crippen molar-refractivity contribution in [3.63, 3.8) is 0 Å². The number of benzene rings is 2. The molecule has 1 aromatic heterocycles. The van der Waals surface area contributed by atoms with Crippen molar-refractivity contribution in [2.24, 2.45) is 0 Å². The predicted octanol–water partition coefficient (Wildman–Crippen LogP) is 6.79. The summed E-state index contributed by atoms with van der Waals surface area (Å²) in [5.74, 6) is -0.720. The summed E-state index contributed by atoms with van der Waals surface area (Å²) < 4.78 is 0. The molecule has 5 nitrogen and oxygen atoms in total. The van der Waals surface area contributed by atoms with Gasteiger partial charge in [-0.25, -0.2) is 4.98 Å². The molecular formula is C28H30N2O3S. The van der Waals surface area contributed by atoms with Gasteiger partial charge in [0.1, 0.15) is 0 Å². The Morgan fingerprint density at radius 2 is 1.47 bits per heavy atom. The number of ketones is 1. The average Bonchev–Trinajstić information content (AvgIpc) is 3.28. The van der Waals surface area contributed by atoms with Gasteiger partial charge < -0.3 is 5.11 Å². The van der Waals surface area contributed by atoms with E-state index < -0.39 is 17.7 Å². The molecule has 34 heavy (non-hydrogen) atoms. The summed E-state index contributed by atoms with van der Waals surface area (Å²) in [5, 5.41) is 11.8. The van der Waals surface area contributed by atoms with Crippen molar-refractivity contribution in [2.75, 3.05) is 4.90 Å². The van der Waals surface area contributed by atoms with Crippen LogP contribution in [0.2, 0.25) is 0 Å². The fraction of sp³-hybridized carbons (Fsp3) is 0.321. The Morgan fingerprint density at radius 3 is 1.94 bits per heavy atom. The highest BCUT2D eigenvalue weighted by Gasteiger charge is 2.45. The highest BCUT2D eigenvalue weighted by molar-refractivity contribution is 7.14. The SMILES string of the molecule is Cc1nc(C)c(C(=O)C2=C(O)C(=O)N(c3ccc(C(C)C)cc3)C2c2ccc(C(C)C)cc2)s1. The van der Waals surface area contributed by atoms with Crippen LogP contribution < -0.4 is 4.90 Å². The maximum Gasteiger partial charge on any atom is 0.294 e. The Labute approximate surface area is 204 Å². The van der Waals surface area contributed by atoms with Crippen molar-refractivity contribution in [3.8, 4) is 0 Å². The van der Waals surface area contributed by atoms with Crippen molar-refractivity contribution in [3.05, 3.63) is 92.1 Å². The van der Waals surface area contributed by atoms with E-state index in [1.54, 1.807) is 6.92 Å². The van der Waals surface area contributed by atoms with Crippen LogP contribution in [-0.2, 0) is 4.79 Å². The van der Waals surface area contributed by atoms with Gasteiger partial charge in [0.05, 0.1) is 27.2 Å². The van der Waals surface area contributed by atoms with Gasteiger partial charge >= 0.3 is 0 Å². The van der Waals surface area contributed by atoms with Crippen LogP contribution in [0, 0.1) is 13.8 Å². The van der Waals surface area contributed by atoms with E-state index in [9.17, 15) is 14.7 Å². The number of nitrogens with zero attached hydrogens (tertiary/aromatic N) is 2. The molecule has 176 valence electrons. The number of thiazole rings is 1. The smallest absolute Gasteiger partial charge is 0.294 e. The van der Waals surface area contributed by atoms with Crippen molar-refractivity contribution < 1.29 is 14.7 Å². The van der Waals surface area contributed by atoms with Crippen LogP contribution in [0.1, 0.15) is 82.6 Å². The topological polar surface area (TPSA) is 70.5 Å². The van der Waals surface area contributed by atoms with E-state index in [0.29, 0.717) is 28.1 Å². The Kier molecular flexibility index (Phi) is 6.45. The lowest BCUT2D eigenvalue weighted by Gasteiger charge is -2.27. The number of carbonyl (C=O) groups is 2. The maximum absolute atomic E-state index is 13.7. The first kappa shape index (κ1) is 23.9. The van der Waals surface area contributed by atoms with E-state index in [1.165, 1.54) is 16.2 Å². The van der Waals surface area contributed by atoms with E-state index in [1.807, 2.05) is 55.5 Å². The van der Waals surface area contributed by atoms with Gasteiger partial charge in [0, 0.05) is 5.69 Å². The van der Waals surface area contributed by atoms with E-state index in [2.05, 4.69) is 32.7 Å². The largest absolute Gasteiger partial charge is 0.503 e. The quantitative estimate of drug-likeness (QED) is 0.399. The summed E-state index contributed by atoms with van der Waals surface area (Å²) in [6, 6.07) is 14.9. The predicted molar refractivity (Wildman–Crippen MR) is 137 cm³/mol. The highest BCUT2D eigenvalue weighted by Crippen LogP contribution is 2.43. The van der Waals surface area contributed by atoms with Crippen LogP contribution in [0.5, 0.6) is 0 Å². The third-order valence-electron chi connectivity index (χ3n) is 6.32. The number of aryl methyl sites for hydroxylation is 2. The summed E-state index contributed by atoms with van der Waals surface area (Å²) in [5.41, 5.74) is 4.43. The summed E-state index contributed by atoms with van der Waals surface area (Å²) in [7, 11) is 0. The molecule has 0 spiro atoms. The zero-order chi connectivity index (χ0) is 24.7. The second kappa shape index (κ2) is 9.18. The first-order chi connectivity index (χ1) is 16.1. The van der Waals surface area contributed by atoms with Gasteiger partial charge in [0.25, 0.3) is 5.91 Å². The normalized spacial score (nSPS) is 16.3. The third kappa shape index (κ3) is 4.18. The molecule has 0 aliphatic carbocycles. The average molecular weight is 475 g/mol. The summed E-state index contributed by atoms with van der Waals surface area (Å²) >= 11 is 1.28. The van der Waals surface area contributed by atoms with Crippen molar-refractivity contribution in [1.82, 2.24) is 4.98 Å². The molecule has 6 heteroatoms. The van der Waals surface area contributed by atoms with Crippen molar-refractivity contribution in [1.29, 1.82) is 0 Å². The Bertz CT molecular complexity index is 1270. The lowest BCUT2D eigenvalue weighted by molar-refractivity contribution is -0.117. The molecule has 1 N–H and O–H groups in total. The van der Waals surface area contributed by atoms with Gasteiger partial charge in [-0.1, -0.05) is 64.1 Å². The third-order valence-corrected chi connectivity index (χ3v) is 7.39. The maximum atomic E-state index is 13.7. The number of aromatic nitrogens is 1. The lowest BCUT2D eigenvalue weighted by atomic mass is 9.92. The molecular weight excluding hydrogens is 444 g/mol. The van der Waals surface area contributed by atoms with Crippen LogP contribution in [-0.4, -0.2) is 21.8 Å². The number of rotatable bonds is 6. The van der Waals surface area contributed by atoms with Gasteiger partial charge in [-0.2, -0.15) is 0 Å². The minimum absolute atomic E-state index is 0.0991. The number of hydrogen-bond donors (Lipinski definition) is 1. The van der Waals surface area contributed by atoms with Crippen LogP contribution in [0.25, 0.3) is 0 Å². The fourth-order valence-corrected chi connectivity index (χ4v) is 5.24. The van der Waals surface area contributed by atoms with Gasteiger partial charge in [-0.15, -0.1) is 11.3 Å². The Hall–Kier alpha value is -3.25. The minimum Gasteiger partial charge on any atom is -0.503 e. The molecule has 0 saturated heterocycles. The number of anilines is 1. The van der Waals surface area contributed by atoms with E-state index in [0.717, 1.165) is 21.7 Å².